The van der Waals surface area contributed by atoms with E-state index in [9.17, 15) is 8.42 Å². The lowest BCUT2D eigenvalue weighted by atomic mass is 10.1. The Balaban J connectivity index is 2.92. The van der Waals surface area contributed by atoms with Gasteiger partial charge in [-0.05, 0) is 46.2 Å². The van der Waals surface area contributed by atoms with Crippen LogP contribution >= 0.6 is 0 Å². The van der Waals surface area contributed by atoms with Crippen LogP contribution in [0.3, 0.4) is 0 Å². The van der Waals surface area contributed by atoms with Crippen molar-refractivity contribution >= 4 is 10.0 Å². The summed E-state index contributed by atoms with van der Waals surface area (Å²) in [6, 6.07) is 3.22. The summed E-state index contributed by atoms with van der Waals surface area (Å²) in [7, 11) is -3.56. The molecule has 0 aliphatic rings. The first-order chi connectivity index (χ1) is 9.61. The van der Waals surface area contributed by atoms with Crippen LogP contribution in [0.4, 0.5) is 0 Å². The first-order valence-electron chi connectivity index (χ1n) is 7.47. The molecule has 1 aromatic rings. The molecule has 0 aliphatic carbocycles. The Morgan fingerprint density at radius 2 is 1.90 bits per heavy atom. The molecule has 0 aliphatic heterocycles. The molecule has 1 aromatic heterocycles. The van der Waals surface area contributed by atoms with E-state index in [4.69, 9.17) is 4.42 Å². The Kier molecular flexibility index (Phi) is 6.01. The number of hydrogen-bond donors (Lipinski definition) is 1. The molecule has 0 amide bonds. The highest BCUT2D eigenvalue weighted by Gasteiger charge is 2.29. The van der Waals surface area contributed by atoms with Gasteiger partial charge in [0.15, 0.2) is 0 Å². The lowest BCUT2D eigenvalue weighted by Crippen LogP contribution is -2.37. The highest BCUT2D eigenvalue weighted by atomic mass is 32.2. The fraction of sp³-hybridized carbons (Fsp3) is 0.733. The molecular formula is C15H28N2O3S. The van der Waals surface area contributed by atoms with Gasteiger partial charge in [0.25, 0.3) is 10.0 Å². The number of nitrogens with one attached hydrogen (secondary N) is 1. The third-order valence-electron chi connectivity index (χ3n) is 3.39. The molecule has 1 heterocycles. The van der Waals surface area contributed by atoms with Gasteiger partial charge in [-0.3, -0.25) is 0 Å². The Morgan fingerprint density at radius 3 is 2.38 bits per heavy atom. The second kappa shape index (κ2) is 6.94. The largest absolute Gasteiger partial charge is 0.447 e. The maximum Gasteiger partial charge on any atom is 0.276 e. The fourth-order valence-electron chi connectivity index (χ4n) is 1.98. The van der Waals surface area contributed by atoms with Gasteiger partial charge < -0.3 is 9.73 Å². The number of nitrogens with zero attached hydrogens (tertiary/aromatic N) is 1. The minimum Gasteiger partial charge on any atom is -0.447 e. The van der Waals surface area contributed by atoms with E-state index in [0.717, 1.165) is 6.42 Å². The van der Waals surface area contributed by atoms with Crippen molar-refractivity contribution in [2.24, 2.45) is 0 Å². The quantitative estimate of drug-likeness (QED) is 0.840. The van der Waals surface area contributed by atoms with Crippen LogP contribution in [-0.4, -0.2) is 30.8 Å². The number of sulfonamides is 1. The highest BCUT2D eigenvalue weighted by Crippen LogP contribution is 2.22. The van der Waals surface area contributed by atoms with E-state index < -0.39 is 10.0 Å². The Bertz CT molecular complexity index is 544. The molecule has 1 N–H and O–H groups in total. The molecule has 1 unspecified atom stereocenters. The fourth-order valence-corrected chi connectivity index (χ4v) is 3.63. The third kappa shape index (κ3) is 4.83. The standard InChI is InChI=1S/C15H28N2O3S/c1-7-12(3)17(8-2)21(18,19)14-10-9-13(20-14)11-16-15(4,5)6/h9-10,12,16H,7-8,11H2,1-6H3. The molecular weight excluding hydrogens is 288 g/mol. The average Bonchev–Trinajstić information content (AvgIpc) is 2.85. The van der Waals surface area contributed by atoms with E-state index in [0.29, 0.717) is 18.8 Å². The first-order valence-corrected chi connectivity index (χ1v) is 8.91. The zero-order chi connectivity index (χ0) is 16.3. The average molecular weight is 316 g/mol. The van der Waals surface area contributed by atoms with Crippen LogP contribution in [0.5, 0.6) is 0 Å². The van der Waals surface area contributed by atoms with Gasteiger partial charge in [0.2, 0.25) is 5.09 Å². The Labute approximate surface area is 128 Å². The topological polar surface area (TPSA) is 62.6 Å². The van der Waals surface area contributed by atoms with Crippen LogP contribution < -0.4 is 5.32 Å². The summed E-state index contributed by atoms with van der Waals surface area (Å²) < 4.78 is 32.2. The second-order valence-corrected chi connectivity index (χ2v) is 8.11. The zero-order valence-corrected chi connectivity index (χ0v) is 14.8. The molecule has 6 heteroatoms. The summed E-state index contributed by atoms with van der Waals surface area (Å²) in [5.74, 6) is 0.628. The van der Waals surface area contributed by atoms with E-state index in [2.05, 4.69) is 26.1 Å². The zero-order valence-electron chi connectivity index (χ0n) is 13.9. The number of hydrogen-bond acceptors (Lipinski definition) is 4. The van der Waals surface area contributed by atoms with Crippen molar-refractivity contribution in [2.45, 2.75) is 71.2 Å². The smallest absolute Gasteiger partial charge is 0.276 e. The van der Waals surface area contributed by atoms with Crippen LogP contribution in [0.15, 0.2) is 21.6 Å². The molecule has 0 bridgehead atoms. The summed E-state index contributed by atoms with van der Waals surface area (Å²) in [6.07, 6.45) is 0.770. The minimum absolute atomic E-state index is 0.0235. The first kappa shape index (κ1) is 18.2. The van der Waals surface area contributed by atoms with Gasteiger partial charge in [0.1, 0.15) is 5.76 Å². The SMILES string of the molecule is CCC(C)N(CC)S(=O)(=O)c1ccc(CNC(C)(C)C)o1. The molecule has 0 saturated carbocycles. The molecule has 0 aromatic carbocycles. The maximum absolute atomic E-state index is 12.6. The van der Waals surface area contributed by atoms with Crippen LogP contribution in [0.25, 0.3) is 0 Å². The van der Waals surface area contributed by atoms with Crippen molar-refractivity contribution in [2.75, 3.05) is 6.54 Å². The molecule has 1 rings (SSSR count). The predicted octanol–water partition coefficient (Wildman–Crippen LogP) is 2.98. The summed E-state index contributed by atoms with van der Waals surface area (Å²) in [4.78, 5) is 0. The molecule has 0 spiro atoms. The number of rotatable bonds is 7. The normalized spacial score (nSPS) is 14.6. The van der Waals surface area contributed by atoms with Crippen LogP contribution in [0.1, 0.15) is 53.7 Å². The van der Waals surface area contributed by atoms with Crippen molar-refractivity contribution in [3.05, 3.63) is 17.9 Å². The van der Waals surface area contributed by atoms with Crippen molar-refractivity contribution in [3.8, 4) is 0 Å². The number of furan rings is 1. The highest BCUT2D eigenvalue weighted by molar-refractivity contribution is 7.89. The summed E-state index contributed by atoms with van der Waals surface area (Å²) in [6.45, 7) is 12.8. The van der Waals surface area contributed by atoms with Gasteiger partial charge in [-0.15, -0.1) is 0 Å². The van der Waals surface area contributed by atoms with Crippen LogP contribution in [0, 0.1) is 0 Å². The molecule has 0 fully saturated rings. The predicted molar refractivity (Wildman–Crippen MR) is 84.6 cm³/mol. The molecule has 0 radical (unpaired) electrons. The van der Waals surface area contributed by atoms with E-state index in [1.807, 2.05) is 20.8 Å². The summed E-state index contributed by atoms with van der Waals surface area (Å²) in [5.41, 5.74) is -0.0436. The van der Waals surface area contributed by atoms with E-state index in [-0.39, 0.29) is 16.7 Å². The van der Waals surface area contributed by atoms with Gasteiger partial charge in [-0.25, -0.2) is 8.42 Å². The lowest BCUT2D eigenvalue weighted by molar-refractivity contribution is 0.317. The molecule has 0 saturated heterocycles. The second-order valence-electron chi connectivity index (χ2n) is 6.29. The lowest BCUT2D eigenvalue weighted by Gasteiger charge is -2.25. The van der Waals surface area contributed by atoms with Crippen molar-refractivity contribution in [1.82, 2.24) is 9.62 Å². The summed E-state index contributed by atoms with van der Waals surface area (Å²) >= 11 is 0. The molecule has 122 valence electrons. The molecule has 5 nitrogen and oxygen atoms in total. The molecule has 1 atom stereocenters. The van der Waals surface area contributed by atoms with E-state index in [1.165, 1.54) is 4.31 Å². The molecule has 21 heavy (non-hydrogen) atoms. The van der Waals surface area contributed by atoms with Crippen LogP contribution in [-0.2, 0) is 16.6 Å². The maximum atomic E-state index is 12.6. The summed E-state index contributed by atoms with van der Waals surface area (Å²) in [5, 5.41) is 3.30. The third-order valence-corrected chi connectivity index (χ3v) is 5.35. The van der Waals surface area contributed by atoms with Gasteiger partial charge in [-0.1, -0.05) is 13.8 Å². The van der Waals surface area contributed by atoms with Crippen molar-refractivity contribution in [3.63, 3.8) is 0 Å². The van der Waals surface area contributed by atoms with E-state index in [1.54, 1.807) is 12.1 Å². The Hall–Kier alpha value is -0.850. The van der Waals surface area contributed by atoms with Crippen LogP contribution in [0.2, 0.25) is 0 Å². The Morgan fingerprint density at radius 1 is 1.29 bits per heavy atom. The minimum atomic E-state index is -3.56. The van der Waals surface area contributed by atoms with Crippen molar-refractivity contribution in [1.29, 1.82) is 0 Å². The van der Waals surface area contributed by atoms with Gasteiger partial charge in [0, 0.05) is 18.1 Å². The monoisotopic (exact) mass is 316 g/mol. The van der Waals surface area contributed by atoms with Gasteiger partial charge >= 0.3 is 0 Å². The van der Waals surface area contributed by atoms with E-state index >= 15 is 0 Å². The van der Waals surface area contributed by atoms with Gasteiger partial charge in [0.05, 0.1) is 6.54 Å². The van der Waals surface area contributed by atoms with Gasteiger partial charge in [-0.2, -0.15) is 4.31 Å². The van der Waals surface area contributed by atoms with Crippen molar-refractivity contribution < 1.29 is 12.8 Å².